The van der Waals surface area contributed by atoms with Crippen molar-refractivity contribution in [3.8, 4) is 0 Å². The van der Waals surface area contributed by atoms with Crippen LogP contribution in [0.4, 0.5) is 0 Å². The molecule has 88 valence electrons. The van der Waals surface area contributed by atoms with E-state index in [0.29, 0.717) is 10.9 Å². The molecule has 0 fully saturated rings. The first-order valence-electron chi connectivity index (χ1n) is 5.09. The van der Waals surface area contributed by atoms with E-state index in [4.69, 9.17) is 0 Å². The second kappa shape index (κ2) is 4.65. The number of aromatic nitrogens is 1. The average molecular weight is 248 g/mol. The van der Waals surface area contributed by atoms with E-state index < -0.39 is 10.0 Å². The van der Waals surface area contributed by atoms with Gasteiger partial charge in [0, 0.05) is 18.1 Å². The lowest BCUT2D eigenvalue weighted by atomic mass is 10.2. The summed E-state index contributed by atoms with van der Waals surface area (Å²) < 4.78 is 26.5. The van der Waals surface area contributed by atoms with Crippen molar-refractivity contribution in [1.29, 1.82) is 0 Å². The Balaban J connectivity index is 2.59. The molecular formula is C12H12N2O2S. The number of hydrogen-bond acceptors (Lipinski definition) is 3. The highest BCUT2D eigenvalue weighted by atomic mass is 32.2. The third-order valence-corrected chi connectivity index (χ3v) is 3.79. The van der Waals surface area contributed by atoms with E-state index in [1.807, 2.05) is 0 Å². The minimum absolute atomic E-state index is 0.207. The maximum Gasteiger partial charge on any atom is 0.241 e. The van der Waals surface area contributed by atoms with Crippen LogP contribution in [0.25, 0.3) is 10.9 Å². The van der Waals surface area contributed by atoms with E-state index in [9.17, 15) is 8.42 Å². The van der Waals surface area contributed by atoms with Gasteiger partial charge in [-0.3, -0.25) is 4.98 Å². The zero-order valence-electron chi connectivity index (χ0n) is 9.13. The Morgan fingerprint density at radius 3 is 2.88 bits per heavy atom. The van der Waals surface area contributed by atoms with Crippen LogP contribution in [0.2, 0.25) is 0 Å². The van der Waals surface area contributed by atoms with Crippen LogP contribution in [-0.2, 0) is 10.0 Å². The molecule has 1 aromatic heterocycles. The standard InChI is InChI=1S/C12H12N2O2S/c1-2-8-14-17(15,16)12-7-3-6-11-10(12)5-4-9-13-11/h2-7,9,14H,1,8H2. The highest BCUT2D eigenvalue weighted by molar-refractivity contribution is 7.89. The molecule has 1 heterocycles. The Morgan fingerprint density at radius 1 is 1.29 bits per heavy atom. The Kier molecular flexibility index (Phi) is 3.21. The molecule has 4 nitrogen and oxygen atoms in total. The number of hydrogen-bond donors (Lipinski definition) is 1. The van der Waals surface area contributed by atoms with Gasteiger partial charge >= 0.3 is 0 Å². The van der Waals surface area contributed by atoms with E-state index >= 15 is 0 Å². The van der Waals surface area contributed by atoms with Crippen LogP contribution in [0.3, 0.4) is 0 Å². The van der Waals surface area contributed by atoms with Gasteiger partial charge in [0.25, 0.3) is 0 Å². The number of pyridine rings is 1. The number of benzene rings is 1. The fraction of sp³-hybridized carbons (Fsp3) is 0.0833. The SMILES string of the molecule is C=CCNS(=O)(=O)c1cccc2ncccc12. The Morgan fingerprint density at radius 2 is 2.12 bits per heavy atom. The summed E-state index contributed by atoms with van der Waals surface area (Å²) in [5.41, 5.74) is 0.661. The molecule has 0 amide bonds. The minimum atomic E-state index is -3.51. The van der Waals surface area contributed by atoms with Crippen molar-refractivity contribution < 1.29 is 8.42 Å². The lowest BCUT2D eigenvalue weighted by Crippen LogP contribution is -2.23. The van der Waals surface area contributed by atoms with Crippen molar-refractivity contribution in [1.82, 2.24) is 9.71 Å². The third kappa shape index (κ3) is 2.35. The van der Waals surface area contributed by atoms with Crippen molar-refractivity contribution in [3.63, 3.8) is 0 Å². The van der Waals surface area contributed by atoms with E-state index in [2.05, 4.69) is 16.3 Å². The summed E-state index contributed by atoms with van der Waals surface area (Å²) in [6.45, 7) is 3.69. The molecule has 2 rings (SSSR count). The molecule has 0 aliphatic rings. The minimum Gasteiger partial charge on any atom is -0.256 e. The zero-order valence-corrected chi connectivity index (χ0v) is 9.94. The molecule has 5 heteroatoms. The quantitative estimate of drug-likeness (QED) is 0.838. The molecule has 1 aromatic carbocycles. The third-order valence-electron chi connectivity index (χ3n) is 2.31. The zero-order chi connectivity index (χ0) is 12.3. The topological polar surface area (TPSA) is 59.1 Å². The average Bonchev–Trinajstić information content (AvgIpc) is 2.36. The van der Waals surface area contributed by atoms with Crippen LogP contribution in [-0.4, -0.2) is 19.9 Å². The molecule has 0 radical (unpaired) electrons. The Labute approximate surface area is 100 Å². The van der Waals surface area contributed by atoms with E-state index in [1.54, 1.807) is 36.5 Å². The van der Waals surface area contributed by atoms with Gasteiger partial charge in [-0.05, 0) is 24.3 Å². The van der Waals surface area contributed by atoms with Gasteiger partial charge in [-0.25, -0.2) is 13.1 Å². The first-order valence-corrected chi connectivity index (χ1v) is 6.58. The van der Waals surface area contributed by atoms with Crippen molar-refractivity contribution in [3.05, 3.63) is 49.2 Å². The molecule has 0 atom stereocenters. The molecule has 2 aromatic rings. The van der Waals surface area contributed by atoms with Crippen LogP contribution in [0, 0.1) is 0 Å². The number of rotatable bonds is 4. The number of sulfonamides is 1. The molecule has 0 saturated carbocycles. The number of nitrogens with zero attached hydrogens (tertiary/aromatic N) is 1. The first kappa shape index (κ1) is 11.8. The van der Waals surface area contributed by atoms with Gasteiger partial charge in [-0.2, -0.15) is 0 Å². The monoisotopic (exact) mass is 248 g/mol. The fourth-order valence-electron chi connectivity index (χ4n) is 1.56. The second-order valence-corrected chi connectivity index (χ2v) is 5.20. The van der Waals surface area contributed by atoms with Gasteiger partial charge in [0.2, 0.25) is 10.0 Å². The number of fused-ring (bicyclic) bond motifs is 1. The molecule has 0 aliphatic heterocycles. The Hall–Kier alpha value is -1.72. The van der Waals surface area contributed by atoms with E-state index in [1.165, 1.54) is 6.08 Å². The normalized spacial score (nSPS) is 11.5. The first-order chi connectivity index (χ1) is 8.15. The highest BCUT2D eigenvalue weighted by Crippen LogP contribution is 2.20. The summed E-state index contributed by atoms with van der Waals surface area (Å²) in [5.74, 6) is 0. The maximum absolute atomic E-state index is 12.0. The summed E-state index contributed by atoms with van der Waals surface area (Å²) in [7, 11) is -3.51. The molecule has 1 N–H and O–H groups in total. The van der Waals surface area contributed by atoms with Crippen LogP contribution >= 0.6 is 0 Å². The summed E-state index contributed by atoms with van der Waals surface area (Å²) in [6.07, 6.45) is 3.14. The van der Waals surface area contributed by atoms with Gasteiger partial charge in [0.05, 0.1) is 10.4 Å². The smallest absolute Gasteiger partial charge is 0.241 e. The molecule has 17 heavy (non-hydrogen) atoms. The van der Waals surface area contributed by atoms with Crippen molar-refractivity contribution in [2.45, 2.75) is 4.90 Å². The van der Waals surface area contributed by atoms with Crippen LogP contribution in [0.5, 0.6) is 0 Å². The second-order valence-electron chi connectivity index (χ2n) is 3.47. The summed E-state index contributed by atoms with van der Waals surface area (Å²) in [4.78, 5) is 4.36. The van der Waals surface area contributed by atoms with E-state index in [0.717, 1.165) is 0 Å². The van der Waals surface area contributed by atoms with Gasteiger partial charge in [-0.1, -0.05) is 12.1 Å². The molecule has 0 unspecified atom stereocenters. The maximum atomic E-state index is 12.0. The van der Waals surface area contributed by atoms with Gasteiger partial charge in [0.1, 0.15) is 0 Å². The van der Waals surface area contributed by atoms with Crippen molar-refractivity contribution in [2.75, 3.05) is 6.54 Å². The van der Waals surface area contributed by atoms with Gasteiger partial charge in [0.15, 0.2) is 0 Å². The van der Waals surface area contributed by atoms with Crippen LogP contribution in [0.15, 0.2) is 54.1 Å². The lowest BCUT2D eigenvalue weighted by Gasteiger charge is -2.07. The molecule has 0 saturated heterocycles. The summed E-state index contributed by atoms with van der Waals surface area (Å²) in [6, 6.07) is 8.48. The molecular weight excluding hydrogens is 236 g/mol. The van der Waals surface area contributed by atoms with Gasteiger partial charge < -0.3 is 0 Å². The highest BCUT2D eigenvalue weighted by Gasteiger charge is 2.15. The Bertz CT molecular complexity index is 645. The van der Waals surface area contributed by atoms with Crippen LogP contribution in [0.1, 0.15) is 0 Å². The predicted octanol–water partition coefficient (Wildman–Crippen LogP) is 1.70. The van der Waals surface area contributed by atoms with Crippen molar-refractivity contribution in [2.24, 2.45) is 0 Å². The lowest BCUT2D eigenvalue weighted by molar-refractivity contribution is 0.586. The van der Waals surface area contributed by atoms with Crippen LogP contribution < -0.4 is 4.72 Å². The predicted molar refractivity (Wildman–Crippen MR) is 67.1 cm³/mol. The molecule has 0 aliphatic carbocycles. The van der Waals surface area contributed by atoms with E-state index in [-0.39, 0.29) is 11.4 Å². The number of nitrogens with one attached hydrogen (secondary N) is 1. The molecule has 0 spiro atoms. The fourth-order valence-corrected chi connectivity index (χ4v) is 2.77. The largest absolute Gasteiger partial charge is 0.256 e. The van der Waals surface area contributed by atoms with Crippen molar-refractivity contribution >= 4 is 20.9 Å². The summed E-state index contributed by atoms with van der Waals surface area (Å²) in [5, 5.41) is 0.617. The van der Waals surface area contributed by atoms with Gasteiger partial charge in [-0.15, -0.1) is 6.58 Å². The molecule has 0 bridgehead atoms. The summed E-state index contributed by atoms with van der Waals surface area (Å²) >= 11 is 0.